The van der Waals surface area contributed by atoms with Crippen molar-refractivity contribution in [2.45, 2.75) is 44.8 Å². The van der Waals surface area contributed by atoms with E-state index in [0.717, 1.165) is 29.7 Å². The molecular formula is C14H19N3O. The maximum absolute atomic E-state index is 9.55. The molecule has 0 saturated heterocycles. The van der Waals surface area contributed by atoms with Crippen LogP contribution in [-0.4, -0.2) is 14.7 Å². The lowest BCUT2D eigenvalue weighted by molar-refractivity contribution is 0.241. The lowest BCUT2D eigenvalue weighted by Gasteiger charge is -2.28. The van der Waals surface area contributed by atoms with Crippen molar-refractivity contribution in [2.75, 3.05) is 5.73 Å². The first-order valence-corrected chi connectivity index (χ1v) is 6.52. The molecule has 3 N–H and O–H groups in total. The maximum Gasteiger partial charge on any atom is 0.136 e. The van der Waals surface area contributed by atoms with E-state index >= 15 is 0 Å². The predicted molar refractivity (Wildman–Crippen MR) is 72.2 cm³/mol. The molecule has 1 heterocycles. The summed E-state index contributed by atoms with van der Waals surface area (Å²) in [6.45, 7) is 2.24. The first kappa shape index (κ1) is 11.5. The number of fused-ring (bicyclic) bond motifs is 1. The van der Waals surface area contributed by atoms with Crippen LogP contribution in [0.25, 0.3) is 11.0 Å². The van der Waals surface area contributed by atoms with Gasteiger partial charge in [-0.3, -0.25) is 0 Å². The highest BCUT2D eigenvalue weighted by Crippen LogP contribution is 2.39. The standard InChI is InChI=1S/C14H19N3O/c1-14(6-2-3-7-14)17-12-5-4-10(15)8-11(12)16-13(17)9-18/h4-5,8,18H,2-3,6-7,9,15H2,1H3. The Morgan fingerprint density at radius 3 is 2.78 bits per heavy atom. The number of aliphatic hydroxyl groups is 1. The topological polar surface area (TPSA) is 64.1 Å². The van der Waals surface area contributed by atoms with Gasteiger partial charge < -0.3 is 15.4 Å². The number of nitrogens with two attached hydrogens (primary N) is 1. The van der Waals surface area contributed by atoms with Crippen molar-refractivity contribution < 1.29 is 5.11 Å². The number of hydrogen-bond donors (Lipinski definition) is 2. The number of nitrogens with zero attached hydrogens (tertiary/aromatic N) is 2. The first-order valence-electron chi connectivity index (χ1n) is 6.52. The van der Waals surface area contributed by atoms with E-state index < -0.39 is 0 Å². The minimum Gasteiger partial charge on any atom is -0.399 e. The van der Waals surface area contributed by atoms with E-state index in [4.69, 9.17) is 5.73 Å². The van der Waals surface area contributed by atoms with Crippen molar-refractivity contribution in [1.82, 2.24) is 9.55 Å². The summed E-state index contributed by atoms with van der Waals surface area (Å²) in [5.41, 5.74) is 8.56. The highest BCUT2D eigenvalue weighted by molar-refractivity contribution is 5.80. The predicted octanol–water partition coefficient (Wildman–Crippen LogP) is 2.40. The Kier molecular flexibility index (Phi) is 2.55. The van der Waals surface area contributed by atoms with Crippen molar-refractivity contribution in [3.8, 4) is 0 Å². The van der Waals surface area contributed by atoms with Gasteiger partial charge in [-0.25, -0.2) is 4.98 Å². The number of rotatable bonds is 2. The molecule has 0 radical (unpaired) electrons. The number of nitrogen functional groups attached to an aromatic ring is 1. The molecule has 0 amide bonds. The summed E-state index contributed by atoms with van der Waals surface area (Å²) in [5.74, 6) is 0.750. The first-order chi connectivity index (χ1) is 8.64. The molecule has 4 heteroatoms. The number of hydrogen-bond acceptors (Lipinski definition) is 3. The summed E-state index contributed by atoms with van der Waals surface area (Å²) in [5, 5.41) is 9.55. The molecule has 0 spiro atoms. The molecule has 1 aromatic carbocycles. The van der Waals surface area contributed by atoms with Crippen LogP contribution in [0.15, 0.2) is 18.2 Å². The molecule has 1 aliphatic rings. The van der Waals surface area contributed by atoms with Gasteiger partial charge in [0.2, 0.25) is 0 Å². The van der Waals surface area contributed by atoms with Crippen molar-refractivity contribution >= 4 is 16.7 Å². The van der Waals surface area contributed by atoms with Crippen molar-refractivity contribution in [1.29, 1.82) is 0 Å². The Morgan fingerprint density at radius 1 is 1.39 bits per heavy atom. The van der Waals surface area contributed by atoms with Crippen LogP contribution in [0.5, 0.6) is 0 Å². The van der Waals surface area contributed by atoms with Crippen LogP contribution in [0.2, 0.25) is 0 Å². The summed E-state index contributed by atoms with van der Waals surface area (Å²) in [7, 11) is 0. The zero-order chi connectivity index (χ0) is 12.8. The van der Waals surface area contributed by atoms with E-state index in [2.05, 4.69) is 16.5 Å². The number of imidazole rings is 1. The fourth-order valence-electron chi connectivity index (χ4n) is 3.22. The summed E-state index contributed by atoms with van der Waals surface area (Å²) in [6.07, 6.45) is 4.79. The van der Waals surface area contributed by atoms with Gasteiger partial charge in [-0.2, -0.15) is 0 Å². The molecule has 1 aromatic heterocycles. The van der Waals surface area contributed by atoms with Crippen molar-refractivity contribution in [2.24, 2.45) is 0 Å². The molecule has 1 fully saturated rings. The van der Waals surface area contributed by atoms with Gasteiger partial charge in [0.05, 0.1) is 11.0 Å². The van der Waals surface area contributed by atoms with Crippen LogP contribution in [0.3, 0.4) is 0 Å². The second kappa shape index (κ2) is 3.99. The van der Waals surface area contributed by atoms with Gasteiger partial charge in [0.1, 0.15) is 12.4 Å². The Balaban J connectivity index is 2.25. The molecule has 3 rings (SSSR count). The lowest BCUT2D eigenvalue weighted by atomic mass is 9.99. The van der Waals surface area contributed by atoms with E-state index in [0.29, 0.717) is 5.69 Å². The molecule has 2 aromatic rings. The zero-order valence-electron chi connectivity index (χ0n) is 10.7. The van der Waals surface area contributed by atoms with Crippen LogP contribution in [-0.2, 0) is 12.1 Å². The van der Waals surface area contributed by atoms with Gasteiger partial charge in [-0.1, -0.05) is 12.8 Å². The number of benzene rings is 1. The molecule has 0 unspecified atom stereocenters. The molecule has 1 aliphatic carbocycles. The highest BCUT2D eigenvalue weighted by Gasteiger charge is 2.33. The zero-order valence-corrected chi connectivity index (χ0v) is 10.7. The number of aliphatic hydroxyl groups excluding tert-OH is 1. The third-order valence-corrected chi connectivity index (χ3v) is 4.11. The molecule has 4 nitrogen and oxygen atoms in total. The van der Waals surface area contributed by atoms with Gasteiger partial charge in [0, 0.05) is 11.2 Å². The fraction of sp³-hybridized carbons (Fsp3) is 0.500. The van der Waals surface area contributed by atoms with Crippen molar-refractivity contribution in [3.63, 3.8) is 0 Å². The summed E-state index contributed by atoms with van der Waals surface area (Å²) in [6, 6.07) is 5.80. The average Bonchev–Trinajstić information content (AvgIpc) is 2.92. The Hall–Kier alpha value is -1.55. The summed E-state index contributed by atoms with van der Waals surface area (Å²) in [4.78, 5) is 4.51. The molecule has 0 aliphatic heterocycles. The van der Waals surface area contributed by atoms with Crippen molar-refractivity contribution in [3.05, 3.63) is 24.0 Å². The van der Waals surface area contributed by atoms with Crippen LogP contribution in [0.4, 0.5) is 5.69 Å². The van der Waals surface area contributed by atoms with Gasteiger partial charge in [0.15, 0.2) is 0 Å². The SMILES string of the molecule is CC1(n2c(CO)nc3cc(N)ccc32)CCCC1. The van der Waals surface area contributed by atoms with Crippen LogP contribution >= 0.6 is 0 Å². The van der Waals surface area contributed by atoms with E-state index in [1.807, 2.05) is 18.2 Å². The number of aromatic nitrogens is 2. The summed E-state index contributed by atoms with van der Waals surface area (Å²) >= 11 is 0. The normalized spacial score (nSPS) is 18.6. The largest absolute Gasteiger partial charge is 0.399 e. The van der Waals surface area contributed by atoms with E-state index in [-0.39, 0.29) is 12.1 Å². The molecule has 0 atom stereocenters. The third-order valence-electron chi connectivity index (χ3n) is 4.11. The second-order valence-electron chi connectivity index (χ2n) is 5.47. The van der Waals surface area contributed by atoms with Crippen LogP contribution in [0, 0.1) is 0 Å². The molecular weight excluding hydrogens is 226 g/mol. The quantitative estimate of drug-likeness (QED) is 0.798. The number of anilines is 1. The Labute approximate surface area is 106 Å². The Morgan fingerprint density at radius 2 is 2.11 bits per heavy atom. The Bertz CT molecular complexity index is 582. The fourth-order valence-corrected chi connectivity index (χ4v) is 3.22. The average molecular weight is 245 g/mol. The monoisotopic (exact) mass is 245 g/mol. The molecule has 1 saturated carbocycles. The van der Waals surface area contributed by atoms with E-state index in [9.17, 15) is 5.11 Å². The third kappa shape index (κ3) is 1.60. The van der Waals surface area contributed by atoms with Gasteiger partial charge in [0.25, 0.3) is 0 Å². The van der Waals surface area contributed by atoms with Gasteiger partial charge >= 0.3 is 0 Å². The van der Waals surface area contributed by atoms with E-state index in [1.54, 1.807) is 0 Å². The second-order valence-corrected chi connectivity index (χ2v) is 5.47. The van der Waals surface area contributed by atoms with E-state index in [1.165, 1.54) is 12.8 Å². The minimum atomic E-state index is -0.0236. The smallest absolute Gasteiger partial charge is 0.136 e. The van der Waals surface area contributed by atoms with Crippen LogP contribution < -0.4 is 5.73 Å². The molecule has 0 bridgehead atoms. The van der Waals surface area contributed by atoms with Crippen LogP contribution in [0.1, 0.15) is 38.4 Å². The molecule has 18 heavy (non-hydrogen) atoms. The highest BCUT2D eigenvalue weighted by atomic mass is 16.3. The van der Waals surface area contributed by atoms with Gasteiger partial charge in [-0.05, 0) is 38.0 Å². The maximum atomic E-state index is 9.55. The molecule has 96 valence electrons. The minimum absolute atomic E-state index is 0.0236. The lowest BCUT2D eigenvalue weighted by Crippen LogP contribution is -2.28. The van der Waals surface area contributed by atoms with Gasteiger partial charge in [-0.15, -0.1) is 0 Å². The summed E-state index contributed by atoms with van der Waals surface area (Å²) < 4.78 is 2.22.